The molecule has 152 valence electrons. The number of nitrogens with two attached hydrogens (primary N) is 1. The van der Waals surface area contributed by atoms with Gasteiger partial charge in [0.25, 0.3) is 5.91 Å². The number of halogens is 1. The Morgan fingerprint density at radius 1 is 1.17 bits per heavy atom. The maximum Gasteiger partial charge on any atom is 0.254 e. The third-order valence-corrected chi connectivity index (χ3v) is 5.34. The van der Waals surface area contributed by atoms with Crippen LogP contribution < -0.4 is 11.1 Å². The molecule has 0 unspecified atom stereocenters. The number of fused-ring (bicyclic) bond motifs is 1. The van der Waals surface area contributed by atoms with Crippen LogP contribution in [0.3, 0.4) is 0 Å². The Morgan fingerprint density at radius 2 is 1.97 bits per heavy atom. The van der Waals surface area contributed by atoms with Crippen molar-refractivity contribution in [1.82, 2.24) is 29.7 Å². The molecule has 0 saturated carbocycles. The molecular weight excluding hydrogens is 373 g/mol. The number of carbonyl (C=O) groups excluding carboxylic acids is 1. The van der Waals surface area contributed by atoms with Gasteiger partial charge in [-0.05, 0) is 37.9 Å². The third-order valence-electron chi connectivity index (χ3n) is 5.34. The summed E-state index contributed by atoms with van der Waals surface area (Å²) >= 11 is 0. The van der Waals surface area contributed by atoms with Crippen molar-refractivity contribution in [2.45, 2.75) is 31.8 Å². The normalized spacial score (nSPS) is 15.6. The number of piperidine rings is 1. The first kappa shape index (κ1) is 19.3. The fourth-order valence-electron chi connectivity index (χ4n) is 3.74. The van der Waals surface area contributed by atoms with Crippen LogP contribution in [-0.4, -0.2) is 56.0 Å². The van der Waals surface area contributed by atoms with E-state index in [1.54, 1.807) is 18.5 Å². The minimum Gasteiger partial charge on any atom is -0.382 e. The zero-order chi connectivity index (χ0) is 20.2. The fourth-order valence-corrected chi connectivity index (χ4v) is 3.74. The van der Waals surface area contributed by atoms with E-state index in [9.17, 15) is 9.18 Å². The van der Waals surface area contributed by atoms with Gasteiger partial charge in [0.2, 0.25) is 0 Å². The lowest BCUT2D eigenvalue weighted by Crippen LogP contribution is -2.45. The van der Waals surface area contributed by atoms with E-state index < -0.39 is 5.82 Å². The summed E-state index contributed by atoms with van der Waals surface area (Å²) in [5.41, 5.74) is 7.32. The molecule has 1 aliphatic heterocycles. The molecule has 0 spiro atoms. The van der Waals surface area contributed by atoms with E-state index in [-0.39, 0.29) is 17.5 Å². The van der Waals surface area contributed by atoms with Crippen LogP contribution in [0.15, 0.2) is 36.9 Å². The number of amides is 1. The third kappa shape index (κ3) is 4.34. The average Bonchev–Trinajstić information content (AvgIpc) is 3.14. The molecule has 4 rings (SSSR count). The fraction of sp³-hybridized carbons (Fsp3) is 0.400. The van der Waals surface area contributed by atoms with Crippen LogP contribution in [0.2, 0.25) is 0 Å². The van der Waals surface area contributed by atoms with Crippen LogP contribution >= 0.6 is 0 Å². The number of nitrogens with one attached hydrogen (secondary N) is 1. The van der Waals surface area contributed by atoms with Crippen LogP contribution in [0, 0.1) is 5.82 Å². The average molecular weight is 397 g/mol. The summed E-state index contributed by atoms with van der Waals surface area (Å²) in [6, 6.07) is 6.15. The van der Waals surface area contributed by atoms with Crippen molar-refractivity contribution in [1.29, 1.82) is 0 Å². The van der Waals surface area contributed by atoms with E-state index in [4.69, 9.17) is 5.73 Å². The Morgan fingerprint density at radius 3 is 2.76 bits per heavy atom. The van der Waals surface area contributed by atoms with Gasteiger partial charge in [-0.15, -0.1) is 0 Å². The first-order valence-corrected chi connectivity index (χ1v) is 9.81. The van der Waals surface area contributed by atoms with Crippen molar-refractivity contribution in [3.05, 3.63) is 48.3 Å². The summed E-state index contributed by atoms with van der Waals surface area (Å²) in [6.45, 7) is 3.56. The number of nitrogens with zero attached hydrogens (tertiary/aromatic N) is 5. The van der Waals surface area contributed by atoms with Crippen LogP contribution in [0.1, 0.15) is 29.6 Å². The van der Waals surface area contributed by atoms with E-state index in [0.717, 1.165) is 51.1 Å². The van der Waals surface area contributed by atoms with Crippen LogP contribution in [-0.2, 0) is 6.54 Å². The van der Waals surface area contributed by atoms with E-state index in [0.29, 0.717) is 11.3 Å². The Hall–Kier alpha value is -3.07. The summed E-state index contributed by atoms with van der Waals surface area (Å²) in [5.74, 6) is -0.426. The highest BCUT2D eigenvalue weighted by Crippen LogP contribution is 2.16. The number of likely N-dealkylation sites (tertiary alicyclic amines) is 1. The number of rotatable bonds is 6. The second-order valence-electron chi connectivity index (χ2n) is 7.29. The van der Waals surface area contributed by atoms with Crippen molar-refractivity contribution >= 4 is 22.9 Å². The largest absolute Gasteiger partial charge is 0.382 e. The Labute approximate surface area is 168 Å². The Bertz CT molecular complexity index is 997. The molecule has 0 aliphatic carbocycles. The summed E-state index contributed by atoms with van der Waals surface area (Å²) in [4.78, 5) is 27.1. The molecule has 1 amide bonds. The van der Waals surface area contributed by atoms with Crippen LogP contribution in [0.25, 0.3) is 11.2 Å². The Kier molecular flexibility index (Phi) is 5.66. The van der Waals surface area contributed by atoms with Gasteiger partial charge >= 0.3 is 0 Å². The lowest BCUT2D eigenvalue weighted by Gasteiger charge is -2.32. The number of aryl methyl sites for hydroxylation is 1. The van der Waals surface area contributed by atoms with Gasteiger partial charge in [-0.2, -0.15) is 0 Å². The van der Waals surface area contributed by atoms with Gasteiger partial charge in [0, 0.05) is 25.7 Å². The summed E-state index contributed by atoms with van der Waals surface area (Å²) in [6.07, 6.45) is 5.88. The van der Waals surface area contributed by atoms with Crippen molar-refractivity contribution in [3.63, 3.8) is 0 Å². The molecule has 0 atom stereocenters. The first-order valence-electron chi connectivity index (χ1n) is 9.81. The van der Waals surface area contributed by atoms with Crippen LogP contribution in [0.4, 0.5) is 10.2 Å². The van der Waals surface area contributed by atoms with Crippen molar-refractivity contribution < 1.29 is 9.18 Å². The van der Waals surface area contributed by atoms with Crippen molar-refractivity contribution in [2.24, 2.45) is 0 Å². The summed E-state index contributed by atoms with van der Waals surface area (Å²) in [5, 5.41) is 2.96. The molecule has 9 heteroatoms. The molecule has 3 aromatic rings. The number of nitrogen functional groups attached to an aromatic ring is 1. The molecule has 3 N–H and O–H groups in total. The highest BCUT2D eigenvalue weighted by Gasteiger charge is 2.22. The molecule has 8 nitrogen and oxygen atoms in total. The second kappa shape index (κ2) is 8.52. The number of aromatic nitrogens is 4. The van der Waals surface area contributed by atoms with Gasteiger partial charge in [0.1, 0.15) is 17.7 Å². The van der Waals surface area contributed by atoms with E-state index in [2.05, 4.69) is 25.2 Å². The minimum atomic E-state index is -0.485. The molecule has 29 heavy (non-hydrogen) atoms. The molecule has 1 fully saturated rings. The van der Waals surface area contributed by atoms with E-state index >= 15 is 0 Å². The smallest absolute Gasteiger partial charge is 0.254 e. The predicted octanol–water partition coefficient (Wildman–Crippen LogP) is 1.83. The molecule has 1 aromatic carbocycles. The van der Waals surface area contributed by atoms with Crippen molar-refractivity contribution in [2.75, 3.05) is 25.4 Å². The molecule has 1 saturated heterocycles. The zero-order valence-corrected chi connectivity index (χ0v) is 16.1. The zero-order valence-electron chi connectivity index (χ0n) is 16.1. The lowest BCUT2D eigenvalue weighted by atomic mass is 10.0. The summed E-state index contributed by atoms with van der Waals surface area (Å²) < 4.78 is 15.7. The number of benzene rings is 1. The van der Waals surface area contributed by atoms with E-state index in [1.807, 2.05) is 4.57 Å². The first-order chi connectivity index (χ1) is 14.1. The predicted molar refractivity (Wildman–Crippen MR) is 108 cm³/mol. The number of imidazole rings is 1. The number of carbonyl (C=O) groups is 1. The molecular formula is C20H24FN7O. The maximum absolute atomic E-state index is 13.7. The highest BCUT2D eigenvalue weighted by molar-refractivity contribution is 5.94. The monoisotopic (exact) mass is 397 g/mol. The Balaban J connectivity index is 1.22. The van der Waals surface area contributed by atoms with Gasteiger partial charge in [-0.3, -0.25) is 4.79 Å². The van der Waals surface area contributed by atoms with Crippen LogP contribution in [0.5, 0.6) is 0 Å². The maximum atomic E-state index is 13.7. The standard InChI is InChI=1S/C20H24FN7O/c21-16-5-2-1-4-15(16)20(29)26-14-6-10-27(11-7-14)8-3-9-28-13-25-17-18(22)23-12-24-19(17)28/h1-2,4-5,12-14H,3,6-11H2,(H,26,29)(H2,22,23,24). The number of hydrogen-bond donors (Lipinski definition) is 2. The van der Waals surface area contributed by atoms with Gasteiger partial charge < -0.3 is 20.5 Å². The topological polar surface area (TPSA) is 102 Å². The van der Waals surface area contributed by atoms with Gasteiger partial charge in [-0.25, -0.2) is 19.3 Å². The SMILES string of the molecule is Nc1ncnc2c1ncn2CCCN1CCC(NC(=O)c2ccccc2F)CC1. The van der Waals surface area contributed by atoms with Gasteiger partial charge in [-0.1, -0.05) is 12.1 Å². The minimum absolute atomic E-state index is 0.0793. The highest BCUT2D eigenvalue weighted by atomic mass is 19.1. The number of anilines is 1. The van der Waals surface area contributed by atoms with Crippen molar-refractivity contribution in [3.8, 4) is 0 Å². The summed E-state index contributed by atoms with van der Waals surface area (Å²) in [7, 11) is 0. The van der Waals surface area contributed by atoms with Gasteiger partial charge in [0.05, 0.1) is 11.9 Å². The van der Waals surface area contributed by atoms with Gasteiger partial charge in [0.15, 0.2) is 11.5 Å². The molecule has 0 bridgehead atoms. The quantitative estimate of drug-likeness (QED) is 0.658. The number of hydrogen-bond acceptors (Lipinski definition) is 6. The molecule has 0 radical (unpaired) electrons. The molecule has 2 aromatic heterocycles. The molecule has 3 heterocycles. The second-order valence-corrected chi connectivity index (χ2v) is 7.29. The van der Waals surface area contributed by atoms with E-state index in [1.165, 1.54) is 18.5 Å². The lowest BCUT2D eigenvalue weighted by molar-refractivity contribution is 0.0906. The molecule has 1 aliphatic rings.